The van der Waals surface area contributed by atoms with Crippen molar-refractivity contribution in [3.8, 4) is 0 Å². The predicted octanol–water partition coefficient (Wildman–Crippen LogP) is 2.19. The van der Waals surface area contributed by atoms with Crippen LogP contribution in [0, 0.1) is 0 Å². The van der Waals surface area contributed by atoms with E-state index < -0.39 is 0 Å². The van der Waals surface area contributed by atoms with Gasteiger partial charge >= 0.3 is 0 Å². The van der Waals surface area contributed by atoms with Gasteiger partial charge in [0.25, 0.3) is 5.91 Å². The molecule has 0 aliphatic carbocycles. The van der Waals surface area contributed by atoms with E-state index in [-0.39, 0.29) is 11.8 Å². The minimum atomic E-state index is -0.0171. The van der Waals surface area contributed by atoms with E-state index in [2.05, 4.69) is 15.2 Å². The van der Waals surface area contributed by atoms with Crippen LogP contribution in [-0.2, 0) is 24.8 Å². The minimum absolute atomic E-state index is 0.0171. The summed E-state index contributed by atoms with van der Waals surface area (Å²) in [6.45, 7) is 2.35. The molecule has 3 aromatic rings. The first-order valence-corrected chi connectivity index (χ1v) is 9.42. The molecule has 28 heavy (non-hydrogen) atoms. The van der Waals surface area contributed by atoms with Crippen LogP contribution >= 0.6 is 0 Å². The summed E-state index contributed by atoms with van der Waals surface area (Å²) in [7, 11) is 1.77. The lowest BCUT2D eigenvalue weighted by molar-refractivity contribution is 0.0778. The van der Waals surface area contributed by atoms with Gasteiger partial charge in [-0.05, 0) is 18.1 Å². The van der Waals surface area contributed by atoms with Gasteiger partial charge < -0.3 is 14.2 Å². The molecule has 1 aliphatic heterocycles. The first kappa shape index (κ1) is 18.4. The second-order valence-corrected chi connectivity index (χ2v) is 6.91. The second kappa shape index (κ2) is 8.35. The van der Waals surface area contributed by atoms with E-state index in [0.717, 1.165) is 12.0 Å². The molecule has 3 heterocycles. The molecule has 1 saturated heterocycles. The Balaban J connectivity index is 1.26. The molecule has 146 valence electrons. The van der Waals surface area contributed by atoms with Crippen molar-refractivity contribution in [2.75, 3.05) is 19.7 Å². The van der Waals surface area contributed by atoms with Crippen LogP contribution in [0.4, 0.5) is 0 Å². The Kier molecular flexibility index (Phi) is 5.48. The summed E-state index contributed by atoms with van der Waals surface area (Å²) >= 11 is 0. The van der Waals surface area contributed by atoms with Crippen LogP contribution in [0.15, 0.2) is 47.1 Å². The molecule has 4 rings (SSSR count). The van der Waals surface area contributed by atoms with Crippen LogP contribution in [0.2, 0.25) is 0 Å². The number of hydrogen-bond donors (Lipinski definition) is 0. The van der Waals surface area contributed by atoms with Crippen molar-refractivity contribution in [3.63, 3.8) is 0 Å². The van der Waals surface area contributed by atoms with Crippen molar-refractivity contribution in [1.29, 1.82) is 0 Å². The number of likely N-dealkylation sites (tertiary alicyclic amines) is 1. The molecule has 1 amide bonds. The summed E-state index contributed by atoms with van der Waals surface area (Å²) in [6.07, 6.45) is 3.04. The molecule has 1 unspecified atom stereocenters. The van der Waals surface area contributed by atoms with Gasteiger partial charge in [0.1, 0.15) is 5.69 Å². The van der Waals surface area contributed by atoms with Crippen molar-refractivity contribution < 1.29 is 14.1 Å². The normalized spacial score (nSPS) is 16.6. The van der Waals surface area contributed by atoms with Crippen molar-refractivity contribution >= 4 is 5.91 Å². The number of amides is 1. The molecular formula is C20H23N5O3. The average molecular weight is 381 g/mol. The van der Waals surface area contributed by atoms with Gasteiger partial charge in [-0.25, -0.2) is 0 Å². The summed E-state index contributed by atoms with van der Waals surface area (Å²) in [5.74, 6) is 1.29. The Morgan fingerprint density at radius 2 is 2.14 bits per heavy atom. The molecule has 8 nitrogen and oxygen atoms in total. The summed E-state index contributed by atoms with van der Waals surface area (Å²) < 4.78 is 12.7. The first-order chi connectivity index (χ1) is 13.7. The van der Waals surface area contributed by atoms with Gasteiger partial charge in [0.15, 0.2) is 5.82 Å². The molecule has 0 N–H and O–H groups in total. The van der Waals surface area contributed by atoms with Crippen LogP contribution in [0.1, 0.15) is 40.1 Å². The van der Waals surface area contributed by atoms with Gasteiger partial charge in [0, 0.05) is 32.8 Å². The van der Waals surface area contributed by atoms with Crippen LogP contribution in [0.3, 0.4) is 0 Å². The Labute approximate surface area is 163 Å². The van der Waals surface area contributed by atoms with Gasteiger partial charge in [-0.1, -0.05) is 35.5 Å². The molecule has 8 heteroatoms. The lowest BCUT2D eigenvalue weighted by Gasteiger charge is -2.15. The molecule has 1 aliphatic rings. The molecule has 0 bridgehead atoms. The van der Waals surface area contributed by atoms with E-state index in [1.54, 1.807) is 24.0 Å². The molecule has 1 aromatic carbocycles. The van der Waals surface area contributed by atoms with Crippen molar-refractivity contribution in [2.24, 2.45) is 7.05 Å². The molecule has 0 radical (unpaired) electrons. The molecule has 1 fully saturated rings. The standard InChI is InChI=1S/C20H23N5O3/c1-24-17(7-10-21-24)20(26)25-11-8-16(13-25)19-22-18(23-28-19)9-12-27-14-15-5-3-2-4-6-15/h2-7,10,16H,8-9,11-14H2,1H3. The lowest BCUT2D eigenvalue weighted by Crippen LogP contribution is -2.30. The Morgan fingerprint density at radius 1 is 1.29 bits per heavy atom. The fraction of sp³-hybridized carbons (Fsp3) is 0.400. The number of carbonyl (C=O) groups excluding carboxylic acids is 1. The number of ether oxygens (including phenoxy) is 1. The number of nitrogens with zero attached hydrogens (tertiary/aromatic N) is 5. The maximum absolute atomic E-state index is 12.6. The zero-order chi connectivity index (χ0) is 19.3. The second-order valence-electron chi connectivity index (χ2n) is 6.91. The van der Waals surface area contributed by atoms with Gasteiger partial charge in [-0.15, -0.1) is 0 Å². The summed E-state index contributed by atoms with van der Waals surface area (Å²) in [5, 5.41) is 8.12. The number of carbonyl (C=O) groups is 1. The van der Waals surface area contributed by atoms with Gasteiger partial charge in [-0.3, -0.25) is 9.48 Å². The van der Waals surface area contributed by atoms with Gasteiger partial charge in [0.05, 0.1) is 19.1 Å². The van der Waals surface area contributed by atoms with E-state index >= 15 is 0 Å². The van der Waals surface area contributed by atoms with Gasteiger partial charge in [0.2, 0.25) is 5.89 Å². The largest absolute Gasteiger partial charge is 0.376 e. The third-order valence-electron chi connectivity index (χ3n) is 4.93. The van der Waals surface area contributed by atoms with E-state index in [1.807, 2.05) is 35.2 Å². The average Bonchev–Trinajstić information content (AvgIpc) is 3.46. The smallest absolute Gasteiger partial charge is 0.272 e. The number of hydrogen-bond acceptors (Lipinski definition) is 6. The summed E-state index contributed by atoms with van der Waals surface area (Å²) in [6, 6.07) is 11.8. The molecular weight excluding hydrogens is 358 g/mol. The van der Waals surface area contributed by atoms with Crippen molar-refractivity contribution in [2.45, 2.75) is 25.4 Å². The maximum Gasteiger partial charge on any atom is 0.272 e. The van der Waals surface area contributed by atoms with Crippen LogP contribution in [0.5, 0.6) is 0 Å². The monoisotopic (exact) mass is 381 g/mol. The third kappa shape index (κ3) is 4.12. The lowest BCUT2D eigenvalue weighted by atomic mass is 10.1. The number of aromatic nitrogens is 4. The van der Waals surface area contributed by atoms with E-state index in [0.29, 0.717) is 50.1 Å². The van der Waals surface area contributed by atoms with Gasteiger partial charge in [-0.2, -0.15) is 10.1 Å². The fourth-order valence-electron chi connectivity index (χ4n) is 3.35. The summed E-state index contributed by atoms with van der Waals surface area (Å²) in [4.78, 5) is 18.9. The first-order valence-electron chi connectivity index (χ1n) is 9.42. The number of aryl methyl sites for hydroxylation is 1. The number of benzene rings is 1. The quantitative estimate of drug-likeness (QED) is 0.583. The topological polar surface area (TPSA) is 86.3 Å². The Bertz CT molecular complexity index is 921. The Morgan fingerprint density at radius 3 is 2.93 bits per heavy atom. The SMILES string of the molecule is Cn1nccc1C(=O)N1CCC(c2nc(CCOCc3ccccc3)no2)C1. The van der Waals surface area contributed by atoms with E-state index in [1.165, 1.54) is 0 Å². The summed E-state index contributed by atoms with van der Waals surface area (Å²) in [5.41, 5.74) is 1.72. The zero-order valence-corrected chi connectivity index (χ0v) is 15.8. The molecule has 2 aromatic heterocycles. The van der Waals surface area contributed by atoms with Crippen LogP contribution in [0.25, 0.3) is 0 Å². The predicted molar refractivity (Wildman–Crippen MR) is 101 cm³/mol. The van der Waals surface area contributed by atoms with Crippen LogP contribution in [-0.4, -0.2) is 50.4 Å². The van der Waals surface area contributed by atoms with Crippen molar-refractivity contribution in [3.05, 3.63) is 65.6 Å². The zero-order valence-electron chi connectivity index (χ0n) is 15.8. The molecule has 0 saturated carbocycles. The highest BCUT2D eigenvalue weighted by Gasteiger charge is 2.32. The Hall–Kier alpha value is -3.00. The van der Waals surface area contributed by atoms with E-state index in [4.69, 9.17) is 9.26 Å². The maximum atomic E-state index is 12.6. The third-order valence-corrected chi connectivity index (χ3v) is 4.93. The number of rotatable bonds is 7. The van der Waals surface area contributed by atoms with E-state index in [9.17, 15) is 4.79 Å². The highest BCUT2D eigenvalue weighted by atomic mass is 16.5. The highest BCUT2D eigenvalue weighted by Crippen LogP contribution is 2.27. The fourth-order valence-corrected chi connectivity index (χ4v) is 3.35. The van der Waals surface area contributed by atoms with Crippen LogP contribution < -0.4 is 0 Å². The molecule has 0 spiro atoms. The molecule has 1 atom stereocenters. The van der Waals surface area contributed by atoms with Crippen molar-refractivity contribution in [1.82, 2.24) is 24.8 Å². The highest BCUT2D eigenvalue weighted by molar-refractivity contribution is 5.92. The minimum Gasteiger partial charge on any atom is -0.376 e.